The van der Waals surface area contributed by atoms with Crippen molar-refractivity contribution >= 4 is 0 Å². The van der Waals surface area contributed by atoms with E-state index in [0.717, 1.165) is 12.3 Å². The Kier molecular flexibility index (Phi) is 3.80. The fraction of sp³-hybridized carbons (Fsp3) is 0.294. The molecule has 3 rings (SSSR count). The molecule has 2 aromatic rings. The molecule has 1 heterocycles. The van der Waals surface area contributed by atoms with Crippen molar-refractivity contribution in [3.05, 3.63) is 65.7 Å². The van der Waals surface area contributed by atoms with Gasteiger partial charge in [0.05, 0.1) is 0 Å². The molecule has 1 atom stereocenters. The summed E-state index contributed by atoms with van der Waals surface area (Å²) in [6.45, 7) is 1.75. The molecule has 2 aromatic carbocycles. The number of ether oxygens (including phenoxy) is 1. The van der Waals surface area contributed by atoms with E-state index in [1.165, 1.54) is 24.0 Å². The highest BCUT2D eigenvalue weighted by Crippen LogP contribution is 2.26. The first kappa shape index (κ1) is 12.2. The van der Waals surface area contributed by atoms with E-state index in [9.17, 15) is 0 Å². The molecule has 1 saturated heterocycles. The van der Waals surface area contributed by atoms with Crippen LogP contribution in [0.1, 0.15) is 30.0 Å². The van der Waals surface area contributed by atoms with E-state index in [-0.39, 0.29) is 0 Å². The average Bonchev–Trinajstić information content (AvgIpc) is 3.01. The van der Waals surface area contributed by atoms with Crippen molar-refractivity contribution < 1.29 is 4.74 Å². The number of benzene rings is 2. The zero-order chi connectivity index (χ0) is 12.9. The molecule has 1 aliphatic heterocycles. The second-order valence-electron chi connectivity index (χ2n) is 5.00. The van der Waals surface area contributed by atoms with Gasteiger partial charge in [0.25, 0.3) is 0 Å². The summed E-state index contributed by atoms with van der Waals surface area (Å²) >= 11 is 0. The minimum absolute atomic E-state index is 0.500. The van der Waals surface area contributed by atoms with Gasteiger partial charge in [0.1, 0.15) is 12.4 Å². The molecule has 98 valence electrons. The van der Waals surface area contributed by atoms with E-state index in [0.29, 0.717) is 12.6 Å². The maximum absolute atomic E-state index is 5.86. The zero-order valence-electron chi connectivity index (χ0n) is 11.0. The van der Waals surface area contributed by atoms with Crippen molar-refractivity contribution in [2.24, 2.45) is 0 Å². The summed E-state index contributed by atoms with van der Waals surface area (Å²) < 4.78 is 5.86. The predicted molar refractivity (Wildman–Crippen MR) is 77.2 cm³/mol. The standard InChI is InChI=1S/C17H19NO/c1-2-6-14(7-3-1)13-19-16-9-4-8-15(12-16)17-10-5-11-18-17/h1-4,6-9,12,17-18H,5,10-11,13H2/t17-/m1/s1. The maximum atomic E-state index is 5.86. The summed E-state index contributed by atoms with van der Waals surface area (Å²) in [5.41, 5.74) is 2.54. The molecule has 0 saturated carbocycles. The SMILES string of the molecule is c1ccc(COc2cccc([C@H]3CCCN3)c2)cc1. The number of hydrogen-bond acceptors (Lipinski definition) is 2. The van der Waals surface area contributed by atoms with Crippen molar-refractivity contribution in [3.8, 4) is 5.75 Å². The van der Waals surface area contributed by atoms with Crippen molar-refractivity contribution in [1.82, 2.24) is 5.32 Å². The first-order valence-corrected chi connectivity index (χ1v) is 6.92. The van der Waals surface area contributed by atoms with Gasteiger partial charge in [-0.1, -0.05) is 42.5 Å². The molecule has 19 heavy (non-hydrogen) atoms. The normalized spacial score (nSPS) is 18.4. The molecular formula is C17H19NO. The Morgan fingerprint density at radius 3 is 2.74 bits per heavy atom. The highest BCUT2D eigenvalue weighted by Gasteiger charge is 2.16. The van der Waals surface area contributed by atoms with Gasteiger partial charge < -0.3 is 10.1 Å². The average molecular weight is 253 g/mol. The molecule has 0 radical (unpaired) electrons. The lowest BCUT2D eigenvalue weighted by Gasteiger charge is -2.13. The Labute approximate surface area is 114 Å². The highest BCUT2D eigenvalue weighted by atomic mass is 16.5. The third kappa shape index (κ3) is 3.15. The molecule has 0 aliphatic carbocycles. The third-order valence-corrected chi connectivity index (χ3v) is 3.57. The van der Waals surface area contributed by atoms with Gasteiger partial charge in [-0.3, -0.25) is 0 Å². The monoisotopic (exact) mass is 253 g/mol. The van der Waals surface area contributed by atoms with Crippen LogP contribution in [0.2, 0.25) is 0 Å². The number of rotatable bonds is 4. The Balaban J connectivity index is 1.66. The Morgan fingerprint density at radius 2 is 1.95 bits per heavy atom. The van der Waals surface area contributed by atoms with Crippen LogP contribution in [-0.4, -0.2) is 6.54 Å². The van der Waals surface area contributed by atoms with Crippen LogP contribution in [-0.2, 0) is 6.61 Å². The molecule has 0 amide bonds. The van der Waals surface area contributed by atoms with Gasteiger partial charge in [0.15, 0.2) is 0 Å². The van der Waals surface area contributed by atoms with Crippen molar-refractivity contribution in [2.75, 3.05) is 6.54 Å². The van der Waals surface area contributed by atoms with E-state index in [2.05, 4.69) is 35.6 Å². The second kappa shape index (κ2) is 5.89. The second-order valence-corrected chi connectivity index (χ2v) is 5.00. The van der Waals surface area contributed by atoms with Crippen molar-refractivity contribution in [1.29, 1.82) is 0 Å². The minimum Gasteiger partial charge on any atom is -0.489 e. The van der Waals surface area contributed by atoms with Crippen LogP contribution in [0.15, 0.2) is 54.6 Å². The van der Waals surface area contributed by atoms with Crippen LogP contribution in [0, 0.1) is 0 Å². The molecular weight excluding hydrogens is 234 g/mol. The lowest BCUT2D eigenvalue weighted by atomic mass is 10.1. The summed E-state index contributed by atoms with van der Waals surface area (Å²) in [4.78, 5) is 0. The van der Waals surface area contributed by atoms with Crippen LogP contribution in [0.5, 0.6) is 5.75 Å². The third-order valence-electron chi connectivity index (χ3n) is 3.57. The smallest absolute Gasteiger partial charge is 0.120 e. The fourth-order valence-corrected chi connectivity index (χ4v) is 2.53. The number of hydrogen-bond donors (Lipinski definition) is 1. The first-order chi connectivity index (χ1) is 9.42. The van der Waals surface area contributed by atoms with Crippen molar-refractivity contribution in [3.63, 3.8) is 0 Å². The lowest BCUT2D eigenvalue weighted by Crippen LogP contribution is -2.12. The zero-order valence-corrected chi connectivity index (χ0v) is 11.0. The van der Waals surface area contributed by atoms with Crippen LogP contribution >= 0.6 is 0 Å². The molecule has 0 bridgehead atoms. The van der Waals surface area contributed by atoms with Gasteiger partial charge in [0, 0.05) is 6.04 Å². The van der Waals surface area contributed by atoms with Gasteiger partial charge in [-0.05, 0) is 42.6 Å². The van der Waals surface area contributed by atoms with Crippen LogP contribution in [0.3, 0.4) is 0 Å². The largest absolute Gasteiger partial charge is 0.489 e. The molecule has 1 N–H and O–H groups in total. The molecule has 0 aromatic heterocycles. The van der Waals surface area contributed by atoms with E-state index in [1.807, 2.05) is 24.3 Å². The topological polar surface area (TPSA) is 21.3 Å². The summed E-state index contributed by atoms with van der Waals surface area (Å²) in [5.74, 6) is 0.954. The van der Waals surface area contributed by atoms with Gasteiger partial charge in [0.2, 0.25) is 0 Å². The van der Waals surface area contributed by atoms with Gasteiger partial charge in [-0.25, -0.2) is 0 Å². The van der Waals surface area contributed by atoms with Crippen LogP contribution in [0.4, 0.5) is 0 Å². The first-order valence-electron chi connectivity index (χ1n) is 6.92. The summed E-state index contributed by atoms with van der Waals surface area (Å²) in [7, 11) is 0. The van der Waals surface area contributed by atoms with E-state index >= 15 is 0 Å². The highest BCUT2D eigenvalue weighted by molar-refractivity contribution is 5.31. The molecule has 0 spiro atoms. The summed E-state index contributed by atoms with van der Waals surface area (Å²) in [6, 6.07) is 19.2. The fourth-order valence-electron chi connectivity index (χ4n) is 2.53. The predicted octanol–water partition coefficient (Wildman–Crippen LogP) is 3.69. The van der Waals surface area contributed by atoms with Crippen LogP contribution in [0.25, 0.3) is 0 Å². The Bertz CT molecular complexity index is 518. The molecule has 0 unspecified atom stereocenters. The van der Waals surface area contributed by atoms with Crippen LogP contribution < -0.4 is 10.1 Å². The van der Waals surface area contributed by atoms with Crippen molar-refractivity contribution in [2.45, 2.75) is 25.5 Å². The maximum Gasteiger partial charge on any atom is 0.120 e. The molecule has 2 nitrogen and oxygen atoms in total. The molecule has 1 fully saturated rings. The van der Waals surface area contributed by atoms with E-state index < -0.39 is 0 Å². The summed E-state index contributed by atoms with van der Waals surface area (Å²) in [5, 5.41) is 3.52. The lowest BCUT2D eigenvalue weighted by molar-refractivity contribution is 0.305. The van der Waals surface area contributed by atoms with Gasteiger partial charge in [-0.15, -0.1) is 0 Å². The summed E-state index contributed by atoms with van der Waals surface area (Å²) in [6.07, 6.45) is 2.49. The van der Waals surface area contributed by atoms with Gasteiger partial charge >= 0.3 is 0 Å². The quantitative estimate of drug-likeness (QED) is 0.897. The Morgan fingerprint density at radius 1 is 1.05 bits per heavy atom. The molecule has 1 aliphatic rings. The van der Waals surface area contributed by atoms with E-state index in [4.69, 9.17) is 4.74 Å². The Hall–Kier alpha value is -1.80. The van der Waals surface area contributed by atoms with E-state index in [1.54, 1.807) is 0 Å². The molecule has 2 heteroatoms. The van der Waals surface area contributed by atoms with Gasteiger partial charge in [-0.2, -0.15) is 0 Å². The number of nitrogens with one attached hydrogen (secondary N) is 1. The minimum atomic E-state index is 0.500.